The summed E-state index contributed by atoms with van der Waals surface area (Å²) < 4.78 is 12.3. The van der Waals surface area contributed by atoms with Crippen LogP contribution < -0.4 is 10.2 Å². The lowest BCUT2D eigenvalue weighted by Gasteiger charge is -2.36. The predicted octanol–water partition coefficient (Wildman–Crippen LogP) is 1.98. The van der Waals surface area contributed by atoms with Crippen molar-refractivity contribution in [3.63, 3.8) is 0 Å². The number of nitrogens with zero attached hydrogens (tertiary/aromatic N) is 5. The van der Waals surface area contributed by atoms with Gasteiger partial charge in [-0.15, -0.1) is 5.10 Å². The summed E-state index contributed by atoms with van der Waals surface area (Å²) in [6.45, 7) is 6.30. The van der Waals surface area contributed by atoms with Gasteiger partial charge in [0.2, 0.25) is 0 Å². The maximum Gasteiger partial charge on any atom is 0.262 e. The fraction of sp³-hybridized carbons (Fsp3) is 0.429. The second kappa shape index (κ2) is 12.8. The quantitative estimate of drug-likeness (QED) is 0.262. The van der Waals surface area contributed by atoms with Gasteiger partial charge in [-0.25, -0.2) is 4.68 Å². The van der Waals surface area contributed by atoms with Gasteiger partial charge in [0.25, 0.3) is 5.91 Å². The number of rotatable bonds is 10. The molecule has 206 valence electrons. The molecule has 0 spiro atoms. The Kier molecular flexibility index (Phi) is 9.27. The first kappa shape index (κ1) is 28.2. The third-order valence-corrected chi connectivity index (χ3v) is 6.83. The third-order valence-electron chi connectivity index (χ3n) is 6.83. The highest BCUT2D eigenvalue weighted by atomic mass is 16.7. The van der Waals surface area contributed by atoms with Gasteiger partial charge in [0.1, 0.15) is 29.5 Å². The number of benzene rings is 2. The number of nitriles is 1. The maximum atomic E-state index is 12.7. The molecule has 3 aromatic rings. The van der Waals surface area contributed by atoms with E-state index < -0.39 is 30.5 Å². The molecule has 11 heteroatoms. The summed E-state index contributed by atoms with van der Waals surface area (Å²) in [5.41, 5.74) is 2.34. The van der Waals surface area contributed by atoms with Crippen LogP contribution in [0.15, 0.2) is 48.2 Å². The van der Waals surface area contributed by atoms with Crippen LogP contribution in [0.3, 0.4) is 0 Å². The highest BCUT2D eigenvalue weighted by molar-refractivity contribution is 6.02. The first-order chi connectivity index (χ1) is 18.8. The number of amides is 1. The van der Waals surface area contributed by atoms with E-state index in [1.807, 2.05) is 30.3 Å². The van der Waals surface area contributed by atoms with Crippen LogP contribution in [0.25, 0.3) is 16.8 Å². The molecular formula is C28H34N6O5. The Morgan fingerprint density at radius 1 is 1.26 bits per heavy atom. The van der Waals surface area contributed by atoms with Crippen LogP contribution in [0.5, 0.6) is 0 Å². The Bertz CT molecular complexity index is 1360. The molecule has 0 aliphatic carbocycles. The topological polar surface area (TPSA) is 146 Å². The molecule has 1 aromatic heterocycles. The highest BCUT2D eigenvalue weighted by Crippen LogP contribution is 2.24. The molecule has 1 aliphatic heterocycles. The number of methoxy groups -OCH3 is 1. The number of fused-ring (bicyclic) bond motifs is 1. The van der Waals surface area contributed by atoms with Crippen molar-refractivity contribution >= 4 is 28.4 Å². The van der Waals surface area contributed by atoms with Gasteiger partial charge < -0.3 is 29.9 Å². The van der Waals surface area contributed by atoms with Crippen molar-refractivity contribution in [2.75, 3.05) is 25.1 Å². The van der Waals surface area contributed by atoms with E-state index in [1.54, 1.807) is 12.3 Å². The van der Waals surface area contributed by atoms with Gasteiger partial charge >= 0.3 is 0 Å². The number of aliphatic hydroxyl groups is 2. The molecule has 4 rings (SSSR count). The molecule has 1 amide bonds. The van der Waals surface area contributed by atoms with E-state index in [0.29, 0.717) is 5.69 Å². The van der Waals surface area contributed by atoms with E-state index in [1.165, 1.54) is 11.8 Å². The minimum atomic E-state index is -1.09. The lowest BCUT2D eigenvalue weighted by Crippen LogP contribution is -2.50. The van der Waals surface area contributed by atoms with Crippen molar-refractivity contribution in [2.24, 2.45) is 0 Å². The summed E-state index contributed by atoms with van der Waals surface area (Å²) in [6.07, 6.45) is -0.0880. The van der Waals surface area contributed by atoms with E-state index in [4.69, 9.17) is 9.47 Å². The minimum Gasteiger partial charge on any atom is -0.390 e. The Morgan fingerprint density at radius 3 is 2.72 bits per heavy atom. The second-order valence-corrected chi connectivity index (χ2v) is 9.38. The average molecular weight is 535 g/mol. The van der Waals surface area contributed by atoms with Gasteiger partial charge in [0.05, 0.1) is 25.4 Å². The summed E-state index contributed by atoms with van der Waals surface area (Å²) >= 11 is 0. The Morgan fingerprint density at radius 2 is 2.00 bits per heavy atom. The Balaban J connectivity index is 1.38. The van der Waals surface area contributed by atoms with E-state index in [0.717, 1.165) is 35.1 Å². The van der Waals surface area contributed by atoms with Crippen LogP contribution in [0.2, 0.25) is 0 Å². The van der Waals surface area contributed by atoms with E-state index >= 15 is 0 Å². The standard InChI is InChI=1S/C28H34N6O5/c1-4-33(5-2)23-9-8-19-10-18(6-7-20(19)12-23)11-21(14-29)28(37)30-15-22-16-34(32-31-22)17-25-27(36)24(35)13-26(38-3)39-25/h6-12,16,24-27,35-36H,4-5,13,15,17H2,1-3H3,(H,30,37)/b21-11+/t24-,25-,26+,27+/m1/s1. The Hall–Kier alpha value is -3.82. The van der Waals surface area contributed by atoms with Gasteiger partial charge in [-0.05, 0) is 54.5 Å². The smallest absolute Gasteiger partial charge is 0.262 e. The number of anilines is 1. The molecule has 39 heavy (non-hydrogen) atoms. The first-order valence-corrected chi connectivity index (χ1v) is 13.0. The molecule has 0 bridgehead atoms. The van der Waals surface area contributed by atoms with Crippen LogP contribution >= 0.6 is 0 Å². The number of aliphatic hydroxyl groups excluding tert-OH is 2. The Labute approximate surface area is 227 Å². The van der Waals surface area contributed by atoms with Crippen molar-refractivity contribution in [1.82, 2.24) is 20.3 Å². The summed E-state index contributed by atoms with van der Waals surface area (Å²) in [7, 11) is 1.47. The van der Waals surface area contributed by atoms with E-state index in [9.17, 15) is 20.3 Å². The normalized spacial score (nSPS) is 21.5. The number of nitrogens with one attached hydrogen (secondary N) is 1. The monoisotopic (exact) mass is 534 g/mol. The SMILES string of the molecule is CCN(CC)c1ccc2cc(/C=C(\C#N)C(=O)NCc3cn(C[C@H]4O[C@H](OC)C[C@@H](O)[C@@H]4O)nn3)ccc2c1. The number of aromatic nitrogens is 3. The van der Waals surface area contributed by atoms with E-state index in [2.05, 4.69) is 46.5 Å². The maximum absolute atomic E-state index is 12.7. The van der Waals surface area contributed by atoms with E-state index in [-0.39, 0.29) is 25.1 Å². The lowest BCUT2D eigenvalue weighted by atomic mass is 10.0. The van der Waals surface area contributed by atoms with Crippen molar-refractivity contribution in [1.29, 1.82) is 5.26 Å². The third kappa shape index (κ3) is 6.79. The van der Waals surface area contributed by atoms with Crippen molar-refractivity contribution < 1.29 is 24.5 Å². The molecule has 0 radical (unpaired) electrons. The van der Waals surface area contributed by atoms with Crippen molar-refractivity contribution in [2.45, 2.75) is 58.0 Å². The molecule has 1 fully saturated rings. The summed E-state index contributed by atoms with van der Waals surface area (Å²) in [4.78, 5) is 15.0. The molecule has 11 nitrogen and oxygen atoms in total. The molecule has 2 heterocycles. The zero-order valence-electron chi connectivity index (χ0n) is 22.3. The molecule has 0 saturated carbocycles. The van der Waals surface area contributed by atoms with Crippen LogP contribution in [0.4, 0.5) is 5.69 Å². The van der Waals surface area contributed by atoms with Crippen molar-refractivity contribution in [3.05, 3.63) is 59.4 Å². The fourth-order valence-corrected chi connectivity index (χ4v) is 4.62. The van der Waals surface area contributed by atoms with Gasteiger partial charge in [-0.3, -0.25) is 4.79 Å². The number of hydrogen-bond donors (Lipinski definition) is 3. The van der Waals surface area contributed by atoms with Gasteiger partial charge in [-0.2, -0.15) is 5.26 Å². The van der Waals surface area contributed by atoms with Gasteiger partial charge in [0.15, 0.2) is 6.29 Å². The summed E-state index contributed by atoms with van der Waals surface area (Å²) in [5, 5.41) is 42.7. The van der Waals surface area contributed by atoms with Gasteiger partial charge in [0, 0.05) is 32.3 Å². The van der Waals surface area contributed by atoms with Crippen LogP contribution in [-0.4, -0.2) is 75.9 Å². The molecular weight excluding hydrogens is 500 g/mol. The molecule has 1 saturated heterocycles. The summed E-state index contributed by atoms with van der Waals surface area (Å²) in [6, 6.07) is 14.1. The second-order valence-electron chi connectivity index (χ2n) is 9.38. The number of ether oxygens (including phenoxy) is 2. The zero-order chi connectivity index (χ0) is 27.9. The molecule has 4 atom stereocenters. The molecule has 1 aliphatic rings. The molecule has 0 unspecified atom stereocenters. The number of carbonyl (C=O) groups is 1. The number of carbonyl (C=O) groups excluding carboxylic acids is 1. The van der Waals surface area contributed by atoms with Crippen molar-refractivity contribution in [3.8, 4) is 6.07 Å². The molecule has 3 N–H and O–H groups in total. The largest absolute Gasteiger partial charge is 0.390 e. The van der Waals surface area contributed by atoms with Crippen LogP contribution in [-0.2, 0) is 27.4 Å². The first-order valence-electron chi connectivity index (χ1n) is 13.0. The fourth-order valence-electron chi connectivity index (χ4n) is 4.62. The minimum absolute atomic E-state index is 0.0279. The average Bonchev–Trinajstić information content (AvgIpc) is 3.40. The molecule has 2 aromatic carbocycles. The highest BCUT2D eigenvalue weighted by Gasteiger charge is 2.37. The predicted molar refractivity (Wildman–Crippen MR) is 145 cm³/mol. The lowest BCUT2D eigenvalue weighted by molar-refractivity contribution is -0.245. The van der Waals surface area contributed by atoms with Gasteiger partial charge in [-0.1, -0.05) is 23.4 Å². The summed E-state index contributed by atoms with van der Waals surface area (Å²) in [5.74, 6) is -0.527. The zero-order valence-corrected chi connectivity index (χ0v) is 22.3. The van der Waals surface area contributed by atoms with Crippen LogP contribution in [0.1, 0.15) is 31.5 Å². The number of hydrogen-bond acceptors (Lipinski definition) is 9. The van der Waals surface area contributed by atoms with Crippen LogP contribution in [0, 0.1) is 11.3 Å².